The summed E-state index contributed by atoms with van der Waals surface area (Å²) in [4.78, 5) is 8.59. The third kappa shape index (κ3) is 5.57. The van der Waals surface area contributed by atoms with E-state index >= 15 is 0 Å². The zero-order valence-electron chi connectivity index (χ0n) is 14.7. The topological polar surface area (TPSA) is 84.6 Å². The van der Waals surface area contributed by atoms with Crippen molar-refractivity contribution in [1.29, 1.82) is 0 Å². The number of hydrogen-bond acceptors (Lipinski definition) is 5. The summed E-state index contributed by atoms with van der Waals surface area (Å²) in [6.07, 6.45) is 0.00220. The molecule has 24 heavy (non-hydrogen) atoms. The van der Waals surface area contributed by atoms with Crippen LogP contribution in [0.1, 0.15) is 31.1 Å². The van der Waals surface area contributed by atoms with Crippen LogP contribution in [0.4, 0.5) is 0 Å². The first kappa shape index (κ1) is 17.8. The summed E-state index contributed by atoms with van der Waals surface area (Å²) in [5.41, 5.74) is 1.12. The highest BCUT2D eigenvalue weighted by Gasteiger charge is 2.08. The highest BCUT2D eigenvalue weighted by molar-refractivity contribution is 5.79. The molecule has 7 heteroatoms. The van der Waals surface area contributed by atoms with Gasteiger partial charge in [0.1, 0.15) is 18.4 Å². The number of benzene rings is 1. The molecule has 1 aromatic carbocycles. The Morgan fingerprint density at radius 2 is 2.08 bits per heavy atom. The molecule has 0 aliphatic rings. The van der Waals surface area contributed by atoms with Crippen molar-refractivity contribution < 1.29 is 9.26 Å². The number of aliphatic imine (C=N–C) groups is 1. The fourth-order valence-corrected chi connectivity index (χ4v) is 2.08. The molecule has 2 aromatic rings. The number of para-hydroxylation sites is 1. The van der Waals surface area contributed by atoms with E-state index in [9.17, 15) is 0 Å². The average Bonchev–Trinajstić information content (AvgIpc) is 2.98. The molecule has 0 aliphatic carbocycles. The van der Waals surface area contributed by atoms with Gasteiger partial charge in [0.15, 0.2) is 11.8 Å². The van der Waals surface area contributed by atoms with Gasteiger partial charge in [-0.3, -0.25) is 0 Å². The lowest BCUT2D eigenvalue weighted by atomic mass is 10.2. The van der Waals surface area contributed by atoms with Crippen LogP contribution in [-0.4, -0.2) is 35.3 Å². The highest BCUT2D eigenvalue weighted by Crippen LogP contribution is 2.17. The smallest absolute Gasteiger partial charge is 0.223 e. The van der Waals surface area contributed by atoms with E-state index in [-0.39, 0.29) is 6.10 Å². The highest BCUT2D eigenvalue weighted by atomic mass is 16.5. The maximum atomic E-state index is 5.95. The normalized spacial score (nSPS) is 12.8. The standard InChI is InChI=1S/C17H25N5O2/c1-5-18-17(20-11-16-21-14(4)24-22-16)19-10-13(3)23-15-9-7-6-8-12(15)2/h6-9,13H,5,10-11H2,1-4H3,(H2,18,19,20). The largest absolute Gasteiger partial charge is 0.489 e. The Kier molecular flexibility index (Phi) is 6.60. The fraction of sp³-hybridized carbons (Fsp3) is 0.471. The van der Waals surface area contributed by atoms with Crippen molar-refractivity contribution >= 4 is 5.96 Å². The van der Waals surface area contributed by atoms with Gasteiger partial charge in [-0.05, 0) is 32.4 Å². The molecule has 0 fully saturated rings. The van der Waals surface area contributed by atoms with Crippen molar-refractivity contribution in [3.63, 3.8) is 0 Å². The molecular formula is C17H25N5O2. The third-order valence-electron chi connectivity index (χ3n) is 3.27. The lowest BCUT2D eigenvalue weighted by molar-refractivity contribution is 0.222. The summed E-state index contributed by atoms with van der Waals surface area (Å²) in [6, 6.07) is 7.99. The molecule has 0 amide bonds. The quantitative estimate of drug-likeness (QED) is 0.598. The van der Waals surface area contributed by atoms with Crippen LogP contribution in [0.3, 0.4) is 0 Å². The number of hydrogen-bond donors (Lipinski definition) is 2. The number of ether oxygens (including phenoxy) is 1. The van der Waals surface area contributed by atoms with Crippen LogP contribution < -0.4 is 15.4 Å². The Morgan fingerprint density at radius 3 is 2.75 bits per heavy atom. The molecule has 1 heterocycles. The number of rotatable bonds is 7. The van der Waals surface area contributed by atoms with Crippen LogP contribution in [0.5, 0.6) is 5.75 Å². The van der Waals surface area contributed by atoms with Gasteiger partial charge in [0.2, 0.25) is 5.89 Å². The summed E-state index contributed by atoms with van der Waals surface area (Å²) < 4.78 is 10.9. The fourth-order valence-electron chi connectivity index (χ4n) is 2.08. The van der Waals surface area contributed by atoms with Gasteiger partial charge in [0, 0.05) is 13.5 Å². The van der Waals surface area contributed by atoms with E-state index in [1.807, 2.05) is 45.0 Å². The molecule has 130 valence electrons. The van der Waals surface area contributed by atoms with E-state index in [4.69, 9.17) is 9.26 Å². The molecule has 0 saturated carbocycles. The summed E-state index contributed by atoms with van der Waals surface area (Å²) in [5, 5.41) is 10.3. The van der Waals surface area contributed by atoms with Crippen molar-refractivity contribution in [2.75, 3.05) is 13.1 Å². The molecular weight excluding hydrogens is 306 g/mol. The number of aryl methyl sites for hydroxylation is 2. The zero-order valence-corrected chi connectivity index (χ0v) is 14.7. The Bertz CT molecular complexity index is 669. The maximum Gasteiger partial charge on any atom is 0.223 e. The van der Waals surface area contributed by atoms with Crippen LogP contribution in [0, 0.1) is 13.8 Å². The Labute approximate surface area is 142 Å². The molecule has 0 saturated heterocycles. The van der Waals surface area contributed by atoms with Crippen molar-refractivity contribution in [2.45, 2.75) is 40.3 Å². The van der Waals surface area contributed by atoms with Crippen LogP contribution in [0.15, 0.2) is 33.8 Å². The third-order valence-corrected chi connectivity index (χ3v) is 3.27. The number of nitrogens with one attached hydrogen (secondary N) is 2. The minimum atomic E-state index is 0.00220. The molecule has 0 radical (unpaired) electrons. The molecule has 7 nitrogen and oxygen atoms in total. The van der Waals surface area contributed by atoms with E-state index in [1.165, 1.54) is 0 Å². The zero-order chi connectivity index (χ0) is 17.4. The second-order valence-electron chi connectivity index (χ2n) is 5.50. The Morgan fingerprint density at radius 1 is 1.29 bits per heavy atom. The van der Waals surface area contributed by atoms with Gasteiger partial charge < -0.3 is 19.9 Å². The molecule has 0 spiro atoms. The van der Waals surface area contributed by atoms with E-state index < -0.39 is 0 Å². The Balaban J connectivity index is 1.87. The van der Waals surface area contributed by atoms with Crippen LogP contribution in [-0.2, 0) is 6.54 Å². The first-order chi connectivity index (χ1) is 11.6. The summed E-state index contributed by atoms with van der Waals surface area (Å²) in [5.74, 6) is 2.70. The first-order valence-corrected chi connectivity index (χ1v) is 8.12. The summed E-state index contributed by atoms with van der Waals surface area (Å²) >= 11 is 0. The van der Waals surface area contributed by atoms with Gasteiger partial charge in [0.05, 0.1) is 6.54 Å². The van der Waals surface area contributed by atoms with Crippen LogP contribution in [0.25, 0.3) is 0 Å². The first-order valence-electron chi connectivity index (χ1n) is 8.12. The van der Waals surface area contributed by atoms with Gasteiger partial charge in [-0.15, -0.1) is 0 Å². The molecule has 0 bridgehead atoms. The van der Waals surface area contributed by atoms with Crippen molar-refractivity contribution in [3.05, 3.63) is 41.5 Å². The van der Waals surface area contributed by atoms with Crippen molar-refractivity contribution in [2.24, 2.45) is 4.99 Å². The van der Waals surface area contributed by atoms with Crippen LogP contribution in [0.2, 0.25) is 0 Å². The summed E-state index contributed by atoms with van der Waals surface area (Å²) in [7, 11) is 0. The van der Waals surface area contributed by atoms with E-state index in [0.29, 0.717) is 30.8 Å². The average molecular weight is 331 g/mol. The second-order valence-corrected chi connectivity index (χ2v) is 5.50. The second kappa shape index (κ2) is 8.90. The van der Waals surface area contributed by atoms with Gasteiger partial charge in [0.25, 0.3) is 0 Å². The molecule has 2 N–H and O–H groups in total. The maximum absolute atomic E-state index is 5.95. The van der Waals surface area contributed by atoms with Crippen LogP contribution >= 0.6 is 0 Å². The predicted molar refractivity (Wildman–Crippen MR) is 93.1 cm³/mol. The molecule has 1 aromatic heterocycles. The van der Waals surface area contributed by atoms with E-state index in [2.05, 4.69) is 25.8 Å². The van der Waals surface area contributed by atoms with Gasteiger partial charge in [-0.1, -0.05) is 23.4 Å². The van der Waals surface area contributed by atoms with E-state index in [1.54, 1.807) is 6.92 Å². The van der Waals surface area contributed by atoms with Gasteiger partial charge in [-0.2, -0.15) is 4.98 Å². The van der Waals surface area contributed by atoms with E-state index in [0.717, 1.165) is 17.9 Å². The number of nitrogens with zero attached hydrogens (tertiary/aromatic N) is 3. The number of guanidine groups is 1. The minimum absolute atomic E-state index is 0.00220. The van der Waals surface area contributed by atoms with Crippen molar-refractivity contribution in [1.82, 2.24) is 20.8 Å². The molecule has 1 atom stereocenters. The molecule has 1 unspecified atom stereocenters. The van der Waals surface area contributed by atoms with Gasteiger partial charge in [-0.25, -0.2) is 4.99 Å². The summed E-state index contributed by atoms with van der Waals surface area (Å²) in [6.45, 7) is 9.59. The monoisotopic (exact) mass is 331 g/mol. The molecule has 0 aliphatic heterocycles. The minimum Gasteiger partial charge on any atom is -0.489 e. The lowest BCUT2D eigenvalue weighted by Crippen LogP contribution is -2.41. The van der Waals surface area contributed by atoms with Gasteiger partial charge >= 0.3 is 0 Å². The predicted octanol–water partition coefficient (Wildman–Crippen LogP) is 2.21. The lowest BCUT2D eigenvalue weighted by Gasteiger charge is -2.18. The number of aromatic nitrogens is 2. The molecule has 2 rings (SSSR count). The Hall–Kier alpha value is -2.57. The SMILES string of the molecule is CCNC(=NCc1noc(C)n1)NCC(C)Oc1ccccc1C. The van der Waals surface area contributed by atoms with Crippen molar-refractivity contribution in [3.8, 4) is 5.75 Å².